The number of hydrogen-bond donors (Lipinski definition) is 2. The Kier molecular flexibility index (Phi) is 7.93. The lowest BCUT2D eigenvalue weighted by Crippen LogP contribution is -2.41. The molecule has 0 aromatic rings. The molecule has 0 aliphatic heterocycles. The van der Waals surface area contributed by atoms with Gasteiger partial charge < -0.3 is 15.5 Å². The predicted molar refractivity (Wildman–Crippen MR) is 64.3 cm³/mol. The molecule has 0 aliphatic rings. The maximum Gasteiger partial charge on any atom is 0.405 e. The highest BCUT2D eigenvalue weighted by Gasteiger charge is 2.27. The maximum atomic E-state index is 11.8. The van der Waals surface area contributed by atoms with E-state index in [-0.39, 0.29) is 6.54 Å². The molecule has 0 rings (SSSR count). The molecule has 0 aromatic heterocycles. The van der Waals surface area contributed by atoms with Crippen molar-refractivity contribution in [2.24, 2.45) is 0 Å². The van der Waals surface area contributed by atoms with Gasteiger partial charge in [-0.2, -0.15) is 13.2 Å². The molecule has 0 saturated carbocycles. The Morgan fingerprint density at radius 1 is 1.39 bits per heavy atom. The van der Waals surface area contributed by atoms with Crippen LogP contribution in [0.4, 0.5) is 13.2 Å². The number of carbonyl (C=O) groups is 1. The van der Waals surface area contributed by atoms with Crippen molar-refractivity contribution in [3.8, 4) is 0 Å². The molecular formula is C11H22F3N3O. The topological polar surface area (TPSA) is 44.4 Å². The summed E-state index contributed by atoms with van der Waals surface area (Å²) in [5.74, 6) is -0.640. The third-order valence-electron chi connectivity index (χ3n) is 2.76. The Balaban J connectivity index is 3.58. The summed E-state index contributed by atoms with van der Waals surface area (Å²) in [6, 6.07) is 0.450. The molecular weight excluding hydrogens is 247 g/mol. The number of hydrogen-bond acceptors (Lipinski definition) is 3. The second kappa shape index (κ2) is 8.31. The summed E-state index contributed by atoms with van der Waals surface area (Å²) in [4.78, 5) is 13.2. The first kappa shape index (κ1) is 17.2. The molecule has 18 heavy (non-hydrogen) atoms. The Labute approximate surface area is 106 Å². The van der Waals surface area contributed by atoms with E-state index in [1.54, 1.807) is 5.32 Å². The van der Waals surface area contributed by atoms with E-state index in [9.17, 15) is 18.0 Å². The minimum absolute atomic E-state index is 0.0928. The standard InChI is InChI=1S/C11H22F3N3O/c1-4-9(2)17(3)6-5-15-7-10(18)16-8-11(12,13)14/h9,15H,4-8H2,1-3H3,(H,16,18). The Hall–Kier alpha value is -0.820. The zero-order valence-electron chi connectivity index (χ0n) is 11.1. The van der Waals surface area contributed by atoms with Crippen LogP contribution >= 0.6 is 0 Å². The molecule has 1 unspecified atom stereocenters. The van der Waals surface area contributed by atoms with Crippen molar-refractivity contribution >= 4 is 5.91 Å². The fraction of sp³-hybridized carbons (Fsp3) is 0.909. The Morgan fingerprint density at radius 2 is 2.00 bits per heavy atom. The van der Waals surface area contributed by atoms with Crippen LogP contribution in [0.2, 0.25) is 0 Å². The van der Waals surface area contributed by atoms with Crippen molar-refractivity contribution in [3.63, 3.8) is 0 Å². The number of likely N-dealkylation sites (N-methyl/N-ethyl adjacent to an activating group) is 1. The molecule has 0 fully saturated rings. The van der Waals surface area contributed by atoms with E-state index in [1.807, 2.05) is 7.05 Å². The van der Waals surface area contributed by atoms with Crippen LogP contribution in [0.15, 0.2) is 0 Å². The smallest absolute Gasteiger partial charge is 0.346 e. The van der Waals surface area contributed by atoms with Crippen LogP contribution in [0.5, 0.6) is 0 Å². The minimum Gasteiger partial charge on any atom is -0.346 e. The number of rotatable bonds is 8. The second-order valence-corrected chi connectivity index (χ2v) is 4.31. The van der Waals surface area contributed by atoms with Gasteiger partial charge in [0.05, 0.1) is 6.54 Å². The van der Waals surface area contributed by atoms with Crippen molar-refractivity contribution in [2.75, 3.05) is 33.2 Å². The number of nitrogens with zero attached hydrogens (tertiary/aromatic N) is 1. The van der Waals surface area contributed by atoms with E-state index in [0.717, 1.165) is 13.0 Å². The fourth-order valence-corrected chi connectivity index (χ4v) is 1.25. The summed E-state index contributed by atoms with van der Waals surface area (Å²) in [6.07, 6.45) is -3.32. The lowest BCUT2D eigenvalue weighted by molar-refractivity contribution is -0.137. The largest absolute Gasteiger partial charge is 0.405 e. The number of nitrogens with one attached hydrogen (secondary N) is 2. The van der Waals surface area contributed by atoms with E-state index in [4.69, 9.17) is 0 Å². The van der Waals surface area contributed by atoms with Crippen molar-refractivity contribution in [1.82, 2.24) is 15.5 Å². The van der Waals surface area contributed by atoms with Gasteiger partial charge in [-0.15, -0.1) is 0 Å². The summed E-state index contributed by atoms with van der Waals surface area (Å²) in [5, 5.41) is 4.61. The Bertz CT molecular complexity index is 246. The van der Waals surface area contributed by atoms with Gasteiger partial charge in [-0.05, 0) is 20.4 Å². The second-order valence-electron chi connectivity index (χ2n) is 4.31. The summed E-state index contributed by atoms with van der Waals surface area (Å²) >= 11 is 0. The van der Waals surface area contributed by atoms with Crippen molar-refractivity contribution in [1.29, 1.82) is 0 Å². The fourth-order valence-electron chi connectivity index (χ4n) is 1.25. The molecule has 0 saturated heterocycles. The van der Waals surface area contributed by atoms with Gasteiger partial charge in [0.1, 0.15) is 6.54 Å². The minimum atomic E-state index is -4.35. The van der Waals surface area contributed by atoms with Crippen molar-refractivity contribution < 1.29 is 18.0 Å². The molecule has 2 N–H and O–H groups in total. The number of alkyl halides is 3. The highest BCUT2D eigenvalue weighted by molar-refractivity contribution is 5.77. The molecule has 0 bridgehead atoms. The van der Waals surface area contributed by atoms with Crippen LogP contribution < -0.4 is 10.6 Å². The summed E-state index contributed by atoms with van der Waals surface area (Å²) < 4.78 is 35.4. The molecule has 0 radical (unpaired) electrons. The van der Waals surface area contributed by atoms with E-state index in [2.05, 4.69) is 24.1 Å². The molecule has 0 spiro atoms. The van der Waals surface area contributed by atoms with Crippen LogP contribution in [-0.4, -0.2) is 56.3 Å². The first-order chi connectivity index (χ1) is 8.26. The lowest BCUT2D eigenvalue weighted by atomic mass is 10.2. The molecule has 1 amide bonds. The molecule has 0 aromatic carbocycles. The van der Waals surface area contributed by atoms with Crippen molar-refractivity contribution in [2.45, 2.75) is 32.5 Å². The van der Waals surface area contributed by atoms with Gasteiger partial charge in [0.2, 0.25) is 5.91 Å². The van der Waals surface area contributed by atoms with Gasteiger partial charge in [0, 0.05) is 19.1 Å². The summed E-state index contributed by atoms with van der Waals surface area (Å²) in [5.41, 5.74) is 0. The number of carbonyl (C=O) groups excluding carboxylic acids is 1. The van der Waals surface area contributed by atoms with Crippen LogP contribution in [0.1, 0.15) is 20.3 Å². The molecule has 4 nitrogen and oxygen atoms in total. The normalized spacial score (nSPS) is 13.7. The van der Waals surface area contributed by atoms with Gasteiger partial charge >= 0.3 is 6.18 Å². The first-order valence-corrected chi connectivity index (χ1v) is 6.00. The molecule has 1 atom stereocenters. The van der Waals surface area contributed by atoms with E-state index in [1.165, 1.54) is 0 Å². The van der Waals surface area contributed by atoms with Gasteiger partial charge in [0.25, 0.3) is 0 Å². The number of halogens is 3. The van der Waals surface area contributed by atoms with Gasteiger partial charge in [-0.1, -0.05) is 6.92 Å². The van der Waals surface area contributed by atoms with Gasteiger partial charge in [0.15, 0.2) is 0 Å². The maximum absolute atomic E-state index is 11.8. The van der Waals surface area contributed by atoms with Crippen LogP contribution in [-0.2, 0) is 4.79 Å². The molecule has 108 valence electrons. The predicted octanol–water partition coefficient (Wildman–Crippen LogP) is 0.985. The van der Waals surface area contributed by atoms with Crippen LogP contribution in [0.3, 0.4) is 0 Å². The third kappa shape index (κ3) is 9.23. The van der Waals surface area contributed by atoms with Crippen LogP contribution in [0.25, 0.3) is 0 Å². The zero-order valence-corrected chi connectivity index (χ0v) is 11.1. The lowest BCUT2D eigenvalue weighted by Gasteiger charge is -2.23. The van der Waals surface area contributed by atoms with Crippen LogP contribution in [0, 0.1) is 0 Å². The monoisotopic (exact) mass is 269 g/mol. The zero-order chi connectivity index (χ0) is 14.2. The van der Waals surface area contributed by atoms with E-state index >= 15 is 0 Å². The third-order valence-corrected chi connectivity index (χ3v) is 2.76. The summed E-state index contributed by atoms with van der Waals surface area (Å²) in [7, 11) is 1.97. The number of amides is 1. The van der Waals surface area contributed by atoms with Crippen molar-refractivity contribution in [3.05, 3.63) is 0 Å². The average Bonchev–Trinajstić information content (AvgIpc) is 2.29. The SMILES string of the molecule is CCC(C)N(C)CCNCC(=O)NCC(F)(F)F. The summed E-state index contributed by atoms with van der Waals surface area (Å²) in [6.45, 7) is 4.13. The molecule has 0 heterocycles. The highest BCUT2D eigenvalue weighted by atomic mass is 19.4. The Morgan fingerprint density at radius 3 is 2.50 bits per heavy atom. The van der Waals surface area contributed by atoms with E-state index < -0.39 is 18.6 Å². The van der Waals surface area contributed by atoms with E-state index in [0.29, 0.717) is 12.6 Å². The van der Waals surface area contributed by atoms with Gasteiger partial charge in [-0.25, -0.2) is 0 Å². The molecule has 7 heteroatoms. The molecule has 0 aliphatic carbocycles. The average molecular weight is 269 g/mol. The van der Waals surface area contributed by atoms with Gasteiger partial charge in [-0.3, -0.25) is 4.79 Å². The highest BCUT2D eigenvalue weighted by Crippen LogP contribution is 2.11. The first-order valence-electron chi connectivity index (χ1n) is 6.00. The quantitative estimate of drug-likeness (QED) is 0.646.